The molecule has 0 aliphatic heterocycles. The molecule has 0 fully saturated rings. The van der Waals surface area contributed by atoms with E-state index in [2.05, 4.69) is 19.7 Å². The minimum atomic E-state index is 0.335. The molecule has 0 amide bonds. The van der Waals surface area contributed by atoms with Crippen molar-refractivity contribution in [3.63, 3.8) is 0 Å². The Morgan fingerprint density at radius 1 is 1.32 bits per heavy atom. The summed E-state index contributed by atoms with van der Waals surface area (Å²) >= 11 is 0. The summed E-state index contributed by atoms with van der Waals surface area (Å²) in [5.74, 6) is 0. The van der Waals surface area contributed by atoms with Gasteiger partial charge in [0.05, 0.1) is 6.34 Å². The first-order valence-electron chi connectivity index (χ1n) is 6.36. The molecule has 0 radical (unpaired) electrons. The molecule has 0 rings (SSSR count). The Balaban J connectivity index is 0. The summed E-state index contributed by atoms with van der Waals surface area (Å²) in [4.78, 5) is 1.69. The molecule has 0 saturated carbocycles. The van der Waals surface area contributed by atoms with Gasteiger partial charge in [0, 0.05) is 18.8 Å². The highest BCUT2D eigenvalue weighted by atomic mass is 15.1. The molecule has 0 aliphatic rings. The Morgan fingerprint density at radius 3 is 2.26 bits per heavy atom. The molecule has 0 aromatic carbocycles. The third-order valence-electron chi connectivity index (χ3n) is 2.21. The molecule has 0 aromatic heterocycles. The van der Waals surface area contributed by atoms with Gasteiger partial charge in [0.25, 0.3) is 0 Å². The van der Waals surface area contributed by atoms with Gasteiger partial charge < -0.3 is 10.6 Å². The summed E-state index contributed by atoms with van der Waals surface area (Å²) < 4.78 is 0. The van der Waals surface area contributed by atoms with Gasteiger partial charge in [-0.05, 0) is 12.5 Å². The van der Waals surface area contributed by atoms with Crippen LogP contribution in [0.1, 0.15) is 20.8 Å². The van der Waals surface area contributed by atoms with Gasteiger partial charge in [-0.3, -0.25) is 5.41 Å². The van der Waals surface area contributed by atoms with E-state index in [9.17, 15) is 0 Å². The zero-order valence-electron chi connectivity index (χ0n) is 12.4. The van der Waals surface area contributed by atoms with Crippen LogP contribution in [0.3, 0.4) is 0 Å². The molecule has 0 aliphatic carbocycles. The first-order chi connectivity index (χ1) is 9.08. The predicted molar refractivity (Wildman–Crippen MR) is 87.3 cm³/mol. The Kier molecular flexibility index (Phi) is 12.9. The Hall–Kier alpha value is -1.87. The fraction of sp³-hybridized carbons (Fsp3) is 0.312. The van der Waals surface area contributed by atoms with Crippen molar-refractivity contribution >= 4 is 6.34 Å². The number of hydrogen-bond donors (Lipinski definition) is 2. The highest BCUT2D eigenvalue weighted by Gasteiger charge is 2.04. The van der Waals surface area contributed by atoms with E-state index in [-0.39, 0.29) is 0 Å². The van der Waals surface area contributed by atoms with Crippen LogP contribution in [0, 0.1) is 5.41 Å². The number of rotatable bonds is 8. The molecule has 0 heterocycles. The first-order valence-corrected chi connectivity index (χ1v) is 6.36. The molecular formula is C16H27N3. The number of hydrogen-bond acceptors (Lipinski definition) is 2. The van der Waals surface area contributed by atoms with Gasteiger partial charge in [-0.1, -0.05) is 63.5 Å². The van der Waals surface area contributed by atoms with E-state index in [0.29, 0.717) is 18.8 Å². The maximum Gasteiger partial charge on any atom is 0.0862 e. The van der Waals surface area contributed by atoms with Crippen molar-refractivity contribution < 1.29 is 0 Å². The van der Waals surface area contributed by atoms with Gasteiger partial charge in [-0.2, -0.15) is 0 Å². The lowest BCUT2D eigenvalue weighted by Gasteiger charge is -2.20. The van der Waals surface area contributed by atoms with Gasteiger partial charge in [0.15, 0.2) is 0 Å². The third kappa shape index (κ3) is 8.80. The molecule has 0 atom stereocenters. The fourth-order valence-electron chi connectivity index (χ4n) is 1.26. The summed E-state index contributed by atoms with van der Waals surface area (Å²) in [5.41, 5.74) is 8.29. The zero-order chi connectivity index (χ0) is 15.3. The Labute approximate surface area is 118 Å². The van der Waals surface area contributed by atoms with Crippen LogP contribution in [-0.2, 0) is 0 Å². The summed E-state index contributed by atoms with van der Waals surface area (Å²) in [5, 5.41) is 7.32. The van der Waals surface area contributed by atoms with E-state index in [1.54, 1.807) is 17.1 Å². The normalized spacial score (nSPS) is 10.9. The van der Waals surface area contributed by atoms with E-state index in [4.69, 9.17) is 11.1 Å². The fourth-order valence-corrected chi connectivity index (χ4v) is 1.26. The predicted octanol–water partition coefficient (Wildman–Crippen LogP) is 3.64. The second-order valence-corrected chi connectivity index (χ2v) is 3.60. The van der Waals surface area contributed by atoms with E-state index in [0.717, 1.165) is 11.1 Å². The van der Waals surface area contributed by atoms with Gasteiger partial charge >= 0.3 is 0 Å². The summed E-state index contributed by atoms with van der Waals surface area (Å²) in [6, 6.07) is 0. The first kappa shape index (κ1) is 19.5. The zero-order valence-corrected chi connectivity index (χ0v) is 12.4. The highest BCUT2D eigenvalue weighted by molar-refractivity contribution is 5.55. The Bertz CT molecular complexity index is 362. The topological polar surface area (TPSA) is 53.1 Å². The second-order valence-electron chi connectivity index (χ2n) is 3.60. The quantitative estimate of drug-likeness (QED) is 0.398. The van der Waals surface area contributed by atoms with Crippen LogP contribution in [0.15, 0.2) is 60.9 Å². The maximum absolute atomic E-state index is 7.32. The summed E-state index contributed by atoms with van der Waals surface area (Å²) in [6.07, 6.45) is 8.63. The van der Waals surface area contributed by atoms with Crippen LogP contribution >= 0.6 is 0 Å². The van der Waals surface area contributed by atoms with E-state index in [1.165, 1.54) is 6.34 Å². The molecule has 0 spiro atoms. The molecular weight excluding hydrogens is 234 g/mol. The molecule has 106 valence electrons. The maximum atomic E-state index is 7.32. The SMILES string of the molecule is C=C/C=C(C)\C=C(/C=C)CN(C=N)C(=C)CN.CC. The van der Waals surface area contributed by atoms with E-state index in [1.807, 2.05) is 32.9 Å². The summed E-state index contributed by atoms with van der Waals surface area (Å²) in [7, 11) is 0. The monoisotopic (exact) mass is 261 g/mol. The van der Waals surface area contributed by atoms with Gasteiger partial charge in [-0.15, -0.1) is 0 Å². The highest BCUT2D eigenvalue weighted by Crippen LogP contribution is 2.08. The molecule has 19 heavy (non-hydrogen) atoms. The van der Waals surface area contributed by atoms with Gasteiger partial charge in [-0.25, -0.2) is 0 Å². The smallest absolute Gasteiger partial charge is 0.0862 e. The van der Waals surface area contributed by atoms with Crippen molar-refractivity contribution in [3.8, 4) is 0 Å². The van der Waals surface area contributed by atoms with Crippen LogP contribution in [0.25, 0.3) is 0 Å². The van der Waals surface area contributed by atoms with Crippen molar-refractivity contribution in [2.45, 2.75) is 20.8 Å². The molecule has 0 bridgehead atoms. The van der Waals surface area contributed by atoms with Crippen molar-refractivity contribution in [2.24, 2.45) is 5.73 Å². The van der Waals surface area contributed by atoms with Crippen LogP contribution in [0.5, 0.6) is 0 Å². The molecule has 0 aromatic rings. The minimum Gasteiger partial charge on any atom is -0.332 e. The minimum absolute atomic E-state index is 0.335. The summed E-state index contributed by atoms with van der Waals surface area (Å²) in [6.45, 7) is 18.1. The molecule has 3 nitrogen and oxygen atoms in total. The van der Waals surface area contributed by atoms with Crippen molar-refractivity contribution in [2.75, 3.05) is 13.1 Å². The lowest BCUT2D eigenvalue weighted by atomic mass is 10.1. The average Bonchev–Trinajstić information content (AvgIpc) is 2.44. The largest absolute Gasteiger partial charge is 0.332 e. The van der Waals surface area contributed by atoms with Gasteiger partial charge in [0.1, 0.15) is 0 Å². The second kappa shape index (κ2) is 12.6. The number of nitrogens with two attached hydrogens (primary N) is 1. The number of nitrogens with zero attached hydrogens (tertiary/aromatic N) is 1. The van der Waals surface area contributed by atoms with Crippen LogP contribution in [-0.4, -0.2) is 24.3 Å². The van der Waals surface area contributed by atoms with E-state index < -0.39 is 0 Å². The van der Waals surface area contributed by atoms with Crippen molar-refractivity contribution in [1.82, 2.24) is 4.90 Å². The molecule has 3 N–H and O–H groups in total. The lowest BCUT2D eigenvalue weighted by Crippen LogP contribution is -2.26. The van der Waals surface area contributed by atoms with Crippen molar-refractivity contribution in [3.05, 3.63) is 60.9 Å². The number of nitrogens with one attached hydrogen (secondary N) is 1. The lowest BCUT2D eigenvalue weighted by molar-refractivity contribution is 0.564. The van der Waals surface area contributed by atoms with Crippen molar-refractivity contribution in [1.29, 1.82) is 5.41 Å². The molecule has 0 unspecified atom stereocenters. The standard InChI is InChI=1S/C14H21N3.C2H6/c1-5-7-12(3)8-14(6-2)10-17(11-16)13(4)9-15;1-2/h5-8,11,16H,1-2,4,9-10,15H2,3H3;1-2H3/b12-7-,14-8+,16-11?;. The van der Waals surface area contributed by atoms with Gasteiger partial charge in [0.2, 0.25) is 0 Å². The van der Waals surface area contributed by atoms with Crippen LogP contribution < -0.4 is 5.73 Å². The molecule has 0 saturated heterocycles. The van der Waals surface area contributed by atoms with E-state index >= 15 is 0 Å². The van der Waals surface area contributed by atoms with Crippen LogP contribution in [0.2, 0.25) is 0 Å². The third-order valence-corrected chi connectivity index (χ3v) is 2.21. The molecule has 3 heteroatoms. The average molecular weight is 261 g/mol. The number of allylic oxidation sites excluding steroid dienone is 4. The van der Waals surface area contributed by atoms with Crippen LogP contribution in [0.4, 0.5) is 0 Å². The Morgan fingerprint density at radius 2 is 1.89 bits per heavy atom.